The summed E-state index contributed by atoms with van der Waals surface area (Å²) in [7, 11) is 0. The Morgan fingerprint density at radius 1 is 1.08 bits per heavy atom. The van der Waals surface area contributed by atoms with E-state index in [0.717, 1.165) is 11.3 Å². The second-order valence-corrected chi connectivity index (χ2v) is 6.36. The van der Waals surface area contributed by atoms with Crippen LogP contribution < -0.4 is 9.80 Å². The lowest BCUT2D eigenvalue weighted by molar-refractivity contribution is -0.131. The van der Waals surface area contributed by atoms with Crippen LogP contribution in [0, 0.1) is 6.92 Å². The zero-order valence-corrected chi connectivity index (χ0v) is 15.1. The molecule has 3 rings (SSSR count). The van der Waals surface area contributed by atoms with Crippen LogP contribution in [0.3, 0.4) is 0 Å². The summed E-state index contributed by atoms with van der Waals surface area (Å²) in [5.41, 5.74) is 1.81. The Hall–Kier alpha value is -2.96. The van der Waals surface area contributed by atoms with E-state index in [4.69, 9.17) is 0 Å². The first-order valence-corrected chi connectivity index (χ1v) is 8.69. The third-order valence-electron chi connectivity index (χ3n) is 4.45. The van der Waals surface area contributed by atoms with Gasteiger partial charge in [-0.2, -0.15) is 0 Å². The van der Waals surface area contributed by atoms with E-state index >= 15 is 0 Å². The van der Waals surface area contributed by atoms with Crippen molar-refractivity contribution in [2.45, 2.75) is 13.8 Å². The predicted molar refractivity (Wildman–Crippen MR) is 100 cm³/mol. The standard InChI is InChI=1S/C19H23N5O2/c1-15-5-3-6-17(13-15)24(16(2)25)14-18(26)22-9-11-23(12-10-22)19-20-7-4-8-21-19/h3-8,13H,9-12,14H2,1-2H3. The van der Waals surface area contributed by atoms with E-state index in [1.165, 1.54) is 11.8 Å². The molecule has 1 saturated heterocycles. The first-order valence-electron chi connectivity index (χ1n) is 8.69. The van der Waals surface area contributed by atoms with E-state index in [1.54, 1.807) is 23.4 Å². The number of amides is 2. The summed E-state index contributed by atoms with van der Waals surface area (Å²) in [5, 5.41) is 0. The first-order chi connectivity index (χ1) is 12.5. The number of rotatable bonds is 4. The molecule has 0 bridgehead atoms. The van der Waals surface area contributed by atoms with Crippen molar-refractivity contribution in [1.29, 1.82) is 0 Å². The molecule has 2 heterocycles. The fourth-order valence-corrected chi connectivity index (χ4v) is 3.03. The normalized spacial score (nSPS) is 14.2. The van der Waals surface area contributed by atoms with Gasteiger partial charge in [0.2, 0.25) is 17.8 Å². The third-order valence-corrected chi connectivity index (χ3v) is 4.45. The van der Waals surface area contributed by atoms with Gasteiger partial charge in [0, 0.05) is 51.2 Å². The van der Waals surface area contributed by atoms with Crippen molar-refractivity contribution in [2.75, 3.05) is 42.5 Å². The molecule has 26 heavy (non-hydrogen) atoms. The van der Waals surface area contributed by atoms with Crippen molar-refractivity contribution >= 4 is 23.5 Å². The molecule has 1 aromatic heterocycles. The Balaban J connectivity index is 1.61. The third kappa shape index (κ3) is 4.17. The molecule has 1 aliphatic rings. The average molecular weight is 353 g/mol. The number of benzene rings is 1. The number of nitrogens with zero attached hydrogens (tertiary/aromatic N) is 5. The summed E-state index contributed by atoms with van der Waals surface area (Å²) in [4.78, 5) is 38.6. The van der Waals surface area contributed by atoms with Gasteiger partial charge in [-0.25, -0.2) is 9.97 Å². The lowest BCUT2D eigenvalue weighted by Crippen LogP contribution is -2.52. The average Bonchev–Trinajstić information content (AvgIpc) is 2.66. The van der Waals surface area contributed by atoms with Crippen molar-refractivity contribution in [3.63, 3.8) is 0 Å². The summed E-state index contributed by atoms with van der Waals surface area (Å²) < 4.78 is 0. The molecular weight excluding hydrogens is 330 g/mol. The summed E-state index contributed by atoms with van der Waals surface area (Å²) in [5.74, 6) is 0.500. The zero-order valence-electron chi connectivity index (χ0n) is 15.1. The molecule has 1 aliphatic heterocycles. The van der Waals surface area contributed by atoms with Crippen LogP contribution in [0.15, 0.2) is 42.7 Å². The van der Waals surface area contributed by atoms with Crippen molar-refractivity contribution in [1.82, 2.24) is 14.9 Å². The monoisotopic (exact) mass is 353 g/mol. The summed E-state index contributed by atoms with van der Waals surface area (Å²) in [6.07, 6.45) is 3.43. The summed E-state index contributed by atoms with van der Waals surface area (Å²) in [6.45, 7) is 6.06. The molecule has 0 radical (unpaired) electrons. The quantitative estimate of drug-likeness (QED) is 0.833. The molecular formula is C19H23N5O2. The van der Waals surface area contributed by atoms with Crippen LogP contribution >= 0.6 is 0 Å². The molecule has 0 N–H and O–H groups in total. The van der Waals surface area contributed by atoms with E-state index < -0.39 is 0 Å². The van der Waals surface area contributed by atoms with E-state index in [1.807, 2.05) is 31.2 Å². The number of carbonyl (C=O) groups is 2. The molecule has 1 aromatic carbocycles. The molecule has 2 amide bonds. The van der Waals surface area contributed by atoms with Crippen molar-refractivity contribution in [2.24, 2.45) is 0 Å². The van der Waals surface area contributed by atoms with Crippen LogP contribution in [0.4, 0.5) is 11.6 Å². The highest BCUT2D eigenvalue weighted by atomic mass is 16.2. The molecule has 2 aromatic rings. The van der Waals surface area contributed by atoms with Gasteiger partial charge in [0.25, 0.3) is 0 Å². The van der Waals surface area contributed by atoms with Crippen molar-refractivity contribution < 1.29 is 9.59 Å². The Labute approximate surface area is 153 Å². The van der Waals surface area contributed by atoms with Gasteiger partial charge >= 0.3 is 0 Å². The Morgan fingerprint density at radius 3 is 2.38 bits per heavy atom. The molecule has 0 atom stereocenters. The second-order valence-electron chi connectivity index (χ2n) is 6.36. The van der Waals surface area contributed by atoms with E-state index in [9.17, 15) is 9.59 Å². The topological polar surface area (TPSA) is 69.6 Å². The van der Waals surface area contributed by atoms with Crippen LogP contribution in [0.25, 0.3) is 0 Å². The molecule has 0 saturated carbocycles. The van der Waals surface area contributed by atoms with Gasteiger partial charge in [-0.15, -0.1) is 0 Å². The largest absolute Gasteiger partial charge is 0.338 e. The predicted octanol–water partition coefficient (Wildman–Crippen LogP) is 1.49. The number of carbonyl (C=O) groups excluding carboxylic acids is 2. The highest BCUT2D eigenvalue weighted by Crippen LogP contribution is 2.17. The Bertz CT molecular complexity index is 773. The highest BCUT2D eigenvalue weighted by molar-refractivity contribution is 5.97. The zero-order chi connectivity index (χ0) is 18.5. The molecule has 0 spiro atoms. The minimum atomic E-state index is -0.139. The van der Waals surface area contributed by atoms with Gasteiger partial charge < -0.3 is 14.7 Å². The molecule has 0 unspecified atom stereocenters. The minimum Gasteiger partial charge on any atom is -0.338 e. The smallest absolute Gasteiger partial charge is 0.242 e. The van der Waals surface area contributed by atoms with Gasteiger partial charge in [-0.1, -0.05) is 12.1 Å². The number of aromatic nitrogens is 2. The Morgan fingerprint density at radius 2 is 1.77 bits per heavy atom. The lowest BCUT2D eigenvalue weighted by Gasteiger charge is -2.35. The van der Waals surface area contributed by atoms with Crippen LogP contribution in [0.2, 0.25) is 0 Å². The summed E-state index contributed by atoms with van der Waals surface area (Å²) >= 11 is 0. The molecule has 0 aliphatic carbocycles. The van der Waals surface area contributed by atoms with E-state index in [0.29, 0.717) is 32.1 Å². The van der Waals surface area contributed by atoms with Crippen molar-refractivity contribution in [3.05, 3.63) is 48.3 Å². The second kappa shape index (κ2) is 7.95. The van der Waals surface area contributed by atoms with Crippen LogP contribution in [-0.2, 0) is 9.59 Å². The molecule has 7 heteroatoms. The SMILES string of the molecule is CC(=O)N(CC(=O)N1CCN(c2ncccn2)CC1)c1cccc(C)c1. The number of hydrogen-bond donors (Lipinski definition) is 0. The first kappa shape index (κ1) is 17.8. The lowest BCUT2D eigenvalue weighted by atomic mass is 10.2. The van der Waals surface area contributed by atoms with Crippen molar-refractivity contribution in [3.8, 4) is 0 Å². The maximum atomic E-state index is 12.7. The minimum absolute atomic E-state index is 0.0460. The fourth-order valence-electron chi connectivity index (χ4n) is 3.03. The molecule has 136 valence electrons. The number of hydrogen-bond acceptors (Lipinski definition) is 5. The van der Waals surface area contributed by atoms with Crippen LogP contribution in [0.5, 0.6) is 0 Å². The van der Waals surface area contributed by atoms with Gasteiger partial charge in [-0.05, 0) is 30.7 Å². The number of anilines is 2. The number of piperazine rings is 1. The maximum absolute atomic E-state index is 12.7. The van der Waals surface area contributed by atoms with Crippen LogP contribution in [-0.4, -0.2) is 59.4 Å². The number of aryl methyl sites for hydroxylation is 1. The van der Waals surface area contributed by atoms with Gasteiger partial charge in [0.15, 0.2) is 0 Å². The van der Waals surface area contributed by atoms with Gasteiger partial charge in [-0.3, -0.25) is 9.59 Å². The van der Waals surface area contributed by atoms with Gasteiger partial charge in [0.1, 0.15) is 6.54 Å². The van der Waals surface area contributed by atoms with E-state index in [-0.39, 0.29) is 18.4 Å². The fraction of sp³-hybridized carbons (Fsp3) is 0.368. The highest BCUT2D eigenvalue weighted by Gasteiger charge is 2.25. The molecule has 1 fully saturated rings. The maximum Gasteiger partial charge on any atom is 0.242 e. The molecule has 7 nitrogen and oxygen atoms in total. The Kier molecular flexibility index (Phi) is 5.46. The van der Waals surface area contributed by atoms with Gasteiger partial charge in [0.05, 0.1) is 0 Å². The summed E-state index contributed by atoms with van der Waals surface area (Å²) in [6, 6.07) is 9.41. The van der Waals surface area contributed by atoms with E-state index in [2.05, 4.69) is 14.9 Å². The van der Waals surface area contributed by atoms with Crippen LogP contribution in [0.1, 0.15) is 12.5 Å².